The van der Waals surface area contributed by atoms with Gasteiger partial charge in [0.2, 0.25) is 0 Å². The Morgan fingerprint density at radius 1 is 1.09 bits per heavy atom. The predicted octanol–water partition coefficient (Wildman–Crippen LogP) is 4.59. The molecule has 1 aromatic carbocycles. The van der Waals surface area contributed by atoms with E-state index in [4.69, 9.17) is 9.73 Å². The van der Waals surface area contributed by atoms with Crippen LogP contribution in [0.25, 0.3) is 0 Å². The first-order chi connectivity index (χ1) is 10.4. The summed E-state index contributed by atoms with van der Waals surface area (Å²) in [5.74, 6) is -0.262. The van der Waals surface area contributed by atoms with Crippen LogP contribution in [-0.2, 0) is 11.2 Å². The summed E-state index contributed by atoms with van der Waals surface area (Å²) in [6.45, 7) is 6.61. The summed E-state index contributed by atoms with van der Waals surface area (Å²) in [6.07, 6.45) is 7.08. The van der Waals surface area contributed by atoms with Crippen LogP contribution < -0.4 is 0 Å². The van der Waals surface area contributed by atoms with Gasteiger partial charge in [0.25, 0.3) is 0 Å². The number of benzene rings is 1. The minimum Gasteiger partial charge on any atom is -0.456 e. The summed E-state index contributed by atoms with van der Waals surface area (Å²) in [4.78, 5) is 16.7. The molecule has 0 bridgehead atoms. The van der Waals surface area contributed by atoms with Crippen molar-refractivity contribution in [2.75, 3.05) is 6.54 Å². The number of hydrogen-bond donors (Lipinski definition) is 0. The van der Waals surface area contributed by atoms with E-state index in [2.05, 4.69) is 0 Å². The Labute approximate surface area is 133 Å². The van der Waals surface area contributed by atoms with Crippen LogP contribution in [-0.4, -0.2) is 23.8 Å². The largest absolute Gasteiger partial charge is 0.456 e. The summed E-state index contributed by atoms with van der Waals surface area (Å²) in [5.41, 5.74) is 2.67. The van der Waals surface area contributed by atoms with E-state index in [9.17, 15) is 4.79 Å². The first kappa shape index (κ1) is 16.7. The highest BCUT2D eigenvalue weighted by molar-refractivity contribution is 5.90. The van der Waals surface area contributed by atoms with E-state index < -0.39 is 5.60 Å². The van der Waals surface area contributed by atoms with Crippen molar-refractivity contribution in [1.82, 2.24) is 0 Å². The molecule has 22 heavy (non-hydrogen) atoms. The topological polar surface area (TPSA) is 38.7 Å². The summed E-state index contributed by atoms with van der Waals surface area (Å²) in [6, 6.07) is 7.74. The molecule has 0 saturated heterocycles. The summed E-state index contributed by atoms with van der Waals surface area (Å²) in [5, 5.41) is 0. The molecule has 3 heteroatoms. The molecule has 1 heterocycles. The van der Waals surface area contributed by atoms with Crippen LogP contribution in [0.5, 0.6) is 0 Å². The van der Waals surface area contributed by atoms with Gasteiger partial charge < -0.3 is 4.74 Å². The molecule has 0 aromatic heterocycles. The average molecular weight is 301 g/mol. The van der Waals surface area contributed by atoms with Crippen molar-refractivity contribution in [3.63, 3.8) is 0 Å². The molecule has 0 atom stereocenters. The van der Waals surface area contributed by atoms with Gasteiger partial charge in [0, 0.05) is 18.7 Å². The number of ether oxygens (including phenoxy) is 1. The first-order valence-corrected chi connectivity index (χ1v) is 8.28. The fourth-order valence-corrected chi connectivity index (χ4v) is 2.59. The minimum atomic E-state index is -0.455. The molecule has 2 rings (SSSR count). The van der Waals surface area contributed by atoms with Crippen molar-refractivity contribution in [2.24, 2.45) is 4.99 Å². The van der Waals surface area contributed by atoms with Crippen molar-refractivity contribution in [1.29, 1.82) is 0 Å². The van der Waals surface area contributed by atoms with Crippen LogP contribution in [0.2, 0.25) is 0 Å². The molecule has 0 aliphatic carbocycles. The quantitative estimate of drug-likeness (QED) is 0.766. The van der Waals surface area contributed by atoms with E-state index in [0.29, 0.717) is 5.56 Å². The van der Waals surface area contributed by atoms with Crippen LogP contribution >= 0.6 is 0 Å². The lowest BCUT2D eigenvalue weighted by molar-refractivity contribution is 0.00695. The maximum absolute atomic E-state index is 12.0. The number of esters is 1. The van der Waals surface area contributed by atoms with Gasteiger partial charge in [0.15, 0.2) is 0 Å². The van der Waals surface area contributed by atoms with Gasteiger partial charge in [0.1, 0.15) is 5.60 Å². The van der Waals surface area contributed by atoms with Gasteiger partial charge in [-0.15, -0.1) is 0 Å². The number of nitrogens with zero attached hydrogens (tertiary/aromatic N) is 1. The Hall–Kier alpha value is -1.64. The lowest BCUT2D eigenvalue weighted by Gasteiger charge is -2.19. The number of aliphatic imine (C=N–C) groups is 1. The van der Waals surface area contributed by atoms with Gasteiger partial charge in [-0.1, -0.05) is 25.0 Å². The van der Waals surface area contributed by atoms with E-state index in [-0.39, 0.29) is 5.97 Å². The molecule has 0 fully saturated rings. The maximum atomic E-state index is 12.0. The Morgan fingerprint density at radius 2 is 1.77 bits per heavy atom. The molecule has 1 aliphatic rings. The molecule has 120 valence electrons. The molecule has 3 nitrogen and oxygen atoms in total. The fraction of sp³-hybridized carbons (Fsp3) is 0.579. The van der Waals surface area contributed by atoms with Crippen molar-refractivity contribution in [2.45, 2.75) is 64.9 Å². The van der Waals surface area contributed by atoms with Crippen LogP contribution in [0, 0.1) is 0 Å². The van der Waals surface area contributed by atoms with Crippen LogP contribution in [0.15, 0.2) is 29.3 Å². The standard InChI is InChI=1S/C19H27NO2/c1-19(2,3)22-18(21)16-11-9-15(10-12-16)14-17-8-6-4-5-7-13-20-17/h9-12H,4-8,13-14H2,1-3H3. The van der Waals surface area contributed by atoms with Gasteiger partial charge in [0.05, 0.1) is 5.56 Å². The zero-order chi connectivity index (χ0) is 16.0. The van der Waals surface area contributed by atoms with Gasteiger partial charge >= 0.3 is 5.97 Å². The highest BCUT2D eigenvalue weighted by Crippen LogP contribution is 2.15. The van der Waals surface area contributed by atoms with Crippen molar-refractivity contribution >= 4 is 11.7 Å². The average Bonchev–Trinajstić information content (AvgIpc) is 2.40. The van der Waals surface area contributed by atoms with Crippen LogP contribution in [0.4, 0.5) is 0 Å². The minimum absolute atomic E-state index is 0.262. The Bertz CT molecular complexity index is 523. The molecule has 0 radical (unpaired) electrons. The van der Waals surface area contributed by atoms with Crippen molar-refractivity contribution < 1.29 is 9.53 Å². The summed E-state index contributed by atoms with van der Waals surface area (Å²) < 4.78 is 5.38. The second-order valence-corrected chi connectivity index (χ2v) is 6.99. The Balaban J connectivity index is 1.98. The normalized spacial score (nSPS) is 16.4. The zero-order valence-corrected chi connectivity index (χ0v) is 14.0. The number of rotatable bonds is 3. The van der Waals surface area contributed by atoms with Gasteiger partial charge in [-0.05, 0) is 57.7 Å². The second-order valence-electron chi connectivity index (χ2n) is 6.99. The van der Waals surface area contributed by atoms with Gasteiger partial charge in [-0.3, -0.25) is 4.99 Å². The molecule has 1 aliphatic heterocycles. The van der Waals surface area contributed by atoms with Crippen LogP contribution in [0.3, 0.4) is 0 Å². The van der Waals surface area contributed by atoms with Gasteiger partial charge in [-0.2, -0.15) is 0 Å². The summed E-state index contributed by atoms with van der Waals surface area (Å²) >= 11 is 0. The molecular formula is C19H27NO2. The summed E-state index contributed by atoms with van der Waals surface area (Å²) in [7, 11) is 0. The Kier molecular flexibility index (Phi) is 5.76. The molecule has 0 N–H and O–H groups in total. The lowest BCUT2D eigenvalue weighted by atomic mass is 10.0. The number of carbonyl (C=O) groups excluding carboxylic acids is 1. The monoisotopic (exact) mass is 301 g/mol. The first-order valence-electron chi connectivity index (χ1n) is 8.28. The van der Waals surface area contributed by atoms with E-state index in [1.54, 1.807) is 0 Å². The van der Waals surface area contributed by atoms with E-state index in [0.717, 1.165) is 19.4 Å². The SMILES string of the molecule is CC(C)(C)OC(=O)c1ccc(CC2=NCCCCCC2)cc1. The third-order valence-electron chi connectivity index (χ3n) is 3.71. The van der Waals surface area contributed by atoms with Gasteiger partial charge in [-0.25, -0.2) is 4.79 Å². The lowest BCUT2D eigenvalue weighted by Crippen LogP contribution is -2.23. The molecular weight excluding hydrogens is 274 g/mol. The third kappa shape index (κ3) is 5.63. The fourth-order valence-electron chi connectivity index (χ4n) is 2.59. The van der Waals surface area contributed by atoms with Crippen molar-refractivity contribution in [3.05, 3.63) is 35.4 Å². The number of hydrogen-bond acceptors (Lipinski definition) is 3. The molecule has 0 unspecified atom stereocenters. The Morgan fingerprint density at radius 3 is 2.45 bits per heavy atom. The third-order valence-corrected chi connectivity index (χ3v) is 3.71. The molecule has 0 amide bonds. The predicted molar refractivity (Wildman–Crippen MR) is 90.7 cm³/mol. The van der Waals surface area contributed by atoms with E-state index in [1.165, 1.54) is 37.0 Å². The maximum Gasteiger partial charge on any atom is 0.338 e. The molecule has 0 spiro atoms. The zero-order valence-electron chi connectivity index (χ0n) is 14.0. The van der Waals surface area contributed by atoms with E-state index >= 15 is 0 Å². The van der Waals surface area contributed by atoms with Crippen LogP contribution in [0.1, 0.15) is 68.8 Å². The number of carbonyl (C=O) groups is 1. The molecule has 1 aromatic rings. The smallest absolute Gasteiger partial charge is 0.338 e. The highest BCUT2D eigenvalue weighted by atomic mass is 16.6. The van der Waals surface area contributed by atoms with Crippen molar-refractivity contribution in [3.8, 4) is 0 Å². The van der Waals surface area contributed by atoms with E-state index in [1.807, 2.05) is 45.0 Å². The highest BCUT2D eigenvalue weighted by Gasteiger charge is 2.17. The molecule has 0 saturated carbocycles. The second kappa shape index (κ2) is 7.57.